The van der Waals surface area contributed by atoms with E-state index in [0.29, 0.717) is 10.6 Å². The van der Waals surface area contributed by atoms with Crippen LogP contribution < -0.4 is 5.73 Å². The van der Waals surface area contributed by atoms with Crippen LogP contribution in [0.3, 0.4) is 0 Å². The number of anilines is 1. The highest BCUT2D eigenvalue weighted by atomic mass is 32.2. The summed E-state index contributed by atoms with van der Waals surface area (Å²) in [6.07, 6.45) is 0. The first-order chi connectivity index (χ1) is 9.41. The molecule has 7 heteroatoms. The summed E-state index contributed by atoms with van der Waals surface area (Å²) in [5.41, 5.74) is 5.13. The van der Waals surface area contributed by atoms with Crippen LogP contribution in [0.4, 0.5) is 27.6 Å². The monoisotopic (exact) mass is 305 g/mol. The average molecular weight is 305 g/mol. The molecule has 0 aliphatic heterocycles. The summed E-state index contributed by atoms with van der Waals surface area (Å²) in [6, 6.07) is 6.32. The SMILES string of the molecule is Nc1ccc(SCc2c(F)c(F)c(F)c(F)c2F)cc1. The lowest BCUT2D eigenvalue weighted by Crippen LogP contribution is -2.06. The summed E-state index contributed by atoms with van der Waals surface area (Å²) in [4.78, 5) is 0.600. The van der Waals surface area contributed by atoms with Gasteiger partial charge >= 0.3 is 0 Å². The van der Waals surface area contributed by atoms with E-state index >= 15 is 0 Å². The third-order valence-corrected chi connectivity index (χ3v) is 3.60. The zero-order valence-electron chi connectivity index (χ0n) is 9.89. The molecule has 0 saturated carbocycles. The number of hydrogen-bond acceptors (Lipinski definition) is 2. The maximum atomic E-state index is 13.4. The Morgan fingerprint density at radius 1 is 0.750 bits per heavy atom. The fourth-order valence-electron chi connectivity index (χ4n) is 1.50. The van der Waals surface area contributed by atoms with E-state index in [-0.39, 0.29) is 5.75 Å². The first kappa shape index (κ1) is 14.6. The molecule has 0 amide bonds. The first-order valence-electron chi connectivity index (χ1n) is 5.40. The van der Waals surface area contributed by atoms with E-state index in [1.54, 1.807) is 24.3 Å². The van der Waals surface area contributed by atoms with Gasteiger partial charge in [0, 0.05) is 21.9 Å². The molecule has 106 valence electrons. The van der Waals surface area contributed by atoms with Crippen LogP contribution in [0.25, 0.3) is 0 Å². The molecule has 1 nitrogen and oxygen atoms in total. The zero-order chi connectivity index (χ0) is 14.9. The van der Waals surface area contributed by atoms with Crippen molar-refractivity contribution in [2.24, 2.45) is 0 Å². The number of hydrogen-bond donors (Lipinski definition) is 1. The van der Waals surface area contributed by atoms with Crippen molar-refractivity contribution in [2.75, 3.05) is 5.73 Å². The smallest absolute Gasteiger partial charge is 0.200 e. The summed E-state index contributed by atoms with van der Waals surface area (Å²) in [5, 5.41) is 0. The maximum Gasteiger partial charge on any atom is 0.200 e. The fraction of sp³-hybridized carbons (Fsp3) is 0.0769. The summed E-state index contributed by atoms with van der Waals surface area (Å²) in [6.45, 7) is 0. The molecule has 0 aromatic heterocycles. The quantitative estimate of drug-likeness (QED) is 0.301. The van der Waals surface area contributed by atoms with Gasteiger partial charge in [-0.2, -0.15) is 0 Å². The molecule has 0 aliphatic rings. The van der Waals surface area contributed by atoms with Gasteiger partial charge in [-0.1, -0.05) is 0 Å². The van der Waals surface area contributed by atoms with Gasteiger partial charge in [-0.25, -0.2) is 22.0 Å². The molecule has 20 heavy (non-hydrogen) atoms. The van der Waals surface area contributed by atoms with Crippen molar-refractivity contribution in [2.45, 2.75) is 10.6 Å². The molecular formula is C13H8F5NS. The molecule has 2 rings (SSSR count). The highest BCUT2D eigenvalue weighted by Gasteiger charge is 2.25. The standard InChI is InChI=1S/C13H8F5NS/c14-9-8(10(15)12(17)13(18)11(9)16)5-20-7-3-1-6(19)2-4-7/h1-4H,5,19H2. The van der Waals surface area contributed by atoms with Crippen molar-refractivity contribution < 1.29 is 22.0 Å². The second-order valence-electron chi connectivity index (χ2n) is 3.91. The molecule has 2 N–H and O–H groups in total. The second-order valence-corrected chi connectivity index (χ2v) is 4.95. The molecule has 0 aliphatic carbocycles. The molecule has 0 bridgehead atoms. The number of rotatable bonds is 3. The van der Waals surface area contributed by atoms with Crippen molar-refractivity contribution >= 4 is 17.4 Å². The van der Waals surface area contributed by atoms with E-state index in [9.17, 15) is 22.0 Å². The molecular weight excluding hydrogens is 297 g/mol. The lowest BCUT2D eigenvalue weighted by Gasteiger charge is -2.08. The van der Waals surface area contributed by atoms with Gasteiger partial charge in [-0.3, -0.25) is 0 Å². The van der Waals surface area contributed by atoms with Gasteiger partial charge < -0.3 is 5.73 Å². The Kier molecular flexibility index (Phi) is 4.17. The van der Waals surface area contributed by atoms with Crippen LogP contribution in [0, 0.1) is 29.1 Å². The van der Waals surface area contributed by atoms with E-state index in [4.69, 9.17) is 5.73 Å². The Morgan fingerprint density at radius 2 is 1.20 bits per heavy atom. The fourth-order valence-corrected chi connectivity index (χ4v) is 2.39. The van der Waals surface area contributed by atoms with Gasteiger partial charge in [0.25, 0.3) is 0 Å². The Hall–Kier alpha value is -1.76. The van der Waals surface area contributed by atoms with Crippen molar-refractivity contribution in [1.82, 2.24) is 0 Å². The largest absolute Gasteiger partial charge is 0.399 e. The van der Waals surface area contributed by atoms with E-state index in [1.165, 1.54) is 0 Å². The van der Waals surface area contributed by atoms with Crippen LogP contribution in [0.5, 0.6) is 0 Å². The van der Waals surface area contributed by atoms with Gasteiger partial charge in [-0.05, 0) is 24.3 Å². The van der Waals surface area contributed by atoms with Gasteiger partial charge in [0.2, 0.25) is 5.82 Å². The lowest BCUT2D eigenvalue weighted by molar-refractivity contribution is 0.372. The Labute approximate surface area is 115 Å². The molecule has 0 unspecified atom stereocenters. The summed E-state index contributed by atoms with van der Waals surface area (Å²) in [7, 11) is 0. The van der Waals surface area contributed by atoms with E-state index < -0.39 is 34.6 Å². The van der Waals surface area contributed by atoms with Gasteiger partial charge in [0.1, 0.15) is 0 Å². The first-order valence-corrected chi connectivity index (χ1v) is 6.39. The lowest BCUT2D eigenvalue weighted by atomic mass is 10.2. The summed E-state index contributed by atoms with van der Waals surface area (Å²) >= 11 is 0.942. The molecule has 0 saturated heterocycles. The minimum atomic E-state index is -2.15. The topological polar surface area (TPSA) is 26.0 Å². The van der Waals surface area contributed by atoms with Gasteiger partial charge in [-0.15, -0.1) is 11.8 Å². The molecule has 0 atom stereocenters. The predicted octanol–water partition coefficient (Wildman–Crippen LogP) is 4.26. The van der Waals surface area contributed by atoms with Crippen molar-refractivity contribution in [3.63, 3.8) is 0 Å². The Bertz CT molecular complexity index is 613. The van der Waals surface area contributed by atoms with E-state index in [1.807, 2.05) is 0 Å². The molecule has 0 heterocycles. The molecule has 0 radical (unpaired) electrons. The second kappa shape index (κ2) is 5.70. The van der Waals surface area contributed by atoms with E-state index in [0.717, 1.165) is 11.8 Å². The van der Waals surface area contributed by atoms with Gasteiger partial charge in [0.05, 0.1) is 0 Å². The Morgan fingerprint density at radius 3 is 1.70 bits per heavy atom. The Balaban J connectivity index is 2.28. The number of halogens is 5. The minimum Gasteiger partial charge on any atom is -0.399 e. The van der Waals surface area contributed by atoms with Crippen LogP contribution in [-0.2, 0) is 5.75 Å². The van der Waals surface area contributed by atoms with Crippen LogP contribution in [0.2, 0.25) is 0 Å². The molecule has 0 fully saturated rings. The van der Waals surface area contributed by atoms with Crippen molar-refractivity contribution in [1.29, 1.82) is 0 Å². The van der Waals surface area contributed by atoms with Crippen LogP contribution >= 0.6 is 11.8 Å². The van der Waals surface area contributed by atoms with Crippen LogP contribution in [-0.4, -0.2) is 0 Å². The minimum absolute atomic E-state index is 0.379. The number of benzene rings is 2. The summed E-state index contributed by atoms with van der Waals surface area (Å²) in [5.74, 6) is -10.0. The normalized spacial score (nSPS) is 10.8. The number of nitrogen functional groups attached to an aromatic ring is 1. The molecule has 2 aromatic carbocycles. The third kappa shape index (κ3) is 2.72. The van der Waals surface area contributed by atoms with Gasteiger partial charge in [0.15, 0.2) is 23.3 Å². The number of thioether (sulfide) groups is 1. The van der Waals surface area contributed by atoms with Crippen LogP contribution in [0.1, 0.15) is 5.56 Å². The number of nitrogens with two attached hydrogens (primary N) is 1. The van der Waals surface area contributed by atoms with E-state index in [2.05, 4.69) is 0 Å². The zero-order valence-corrected chi connectivity index (χ0v) is 10.7. The molecule has 0 spiro atoms. The van der Waals surface area contributed by atoms with Crippen LogP contribution in [0.15, 0.2) is 29.2 Å². The molecule has 2 aromatic rings. The predicted molar refractivity (Wildman–Crippen MR) is 66.6 cm³/mol. The maximum absolute atomic E-state index is 13.4. The third-order valence-electron chi connectivity index (χ3n) is 2.56. The van der Waals surface area contributed by atoms with Crippen molar-refractivity contribution in [3.05, 3.63) is 58.9 Å². The average Bonchev–Trinajstić information content (AvgIpc) is 2.45. The summed E-state index contributed by atoms with van der Waals surface area (Å²) < 4.78 is 65.7. The van der Waals surface area contributed by atoms with Crippen molar-refractivity contribution in [3.8, 4) is 0 Å². The highest BCUT2D eigenvalue weighted by molar-refractivity contribution is 7.98. The highest BCUT2D eigenvalue weighted by Crippen LogP contribution is 2.29.